The van der Waals surface area contributed by atoms with E-state index in [1.165, 1.54) is 28.8 Å². The summed E-state index contributed by atoms with van der Waals surface area (Å²) in [6.07, 6.45) is 2.33. The van der Waals surface area contributed by atoms with Gasteiger partial charge in [-0.1, -0.05) is 26.8 Å². The summed E-state index contributed by atoms with van der Waals surface area (Å²) in [5, 5.41) is 8.66. The number of nitrogens with zero attached hydrogens (tertiary/aromatic N) is 4. The molecule has 5 rings (SSSR count). The third-order valence-electron chi connectivity index (χ3n) is 8.51. The molecule has 1 amide bonds. The highest BCUT2D eigenvalue weighted by Crippen LogP contribution is 2.68. The molecule has 11 heteroatoms. The largest absolute Gasteiger partial charge is 0.355 e. The maximum atomic E-state index is 14.5. The van der Waals surface area contributed by atoms with Crippen molar-refractivity contribution in [2.24, 2.45) is 5.41 Å². The van der Waals surface area contributed by atoms with Crippen LogP contribution in [0.25, 0.3) is 11.3 Å². The van der Waals surface area contributed by atoms with Gasteiger partial charge >= 0.3 is 0 Å². The lowest BCUT2D eigenvalue weighted by Gasteiger charge is -2.41. The zero-order chi connectivity index (χ0) is 26.8. The van der Waals surface area contributed by atoms with Crippen molar-refractivity contribution in [3.63, 3.8) is 0 Å². The standard InChI is InChI=1S/C26H32F2N4O4S/c1-5-21(24(33)31-11-13-32(14-12-31)37(4,34)35)36-26-10-9-17(25(26,2)3)16-15-20(29-30-23(16)26)22-18(27)7-6-8-19(22)28/h6-8,15,17,21H,5,9-14H2,1-4H3/t17-,21?,26-/m0/s1. The molecule has 2 fully saturated rings. The molecule has 2 aliphatic carbocycles. The lowest BCUT2D eigenvalue weighted by molar-refractivity contribution is -0.177. The van der Waals surface area contributed by atoms with E-state index in [4.69, 9.17) is 4.74 Å². The number of carbonyl (C=O) groups is 1. The first kappa shape index (κ1) is 26.1. The number of fused-ring (bicyclic) bond motifs is 5. The van der Waals surface area contributed by atoms with Gasteiger partial charge in [-0.3, -0.25) is 4.79 Å². The van der Waals surface area contributed by atoms with Gasteiger partial charge in [0.1, 0.15) is 23.3 Å². The highest BCUT2D eigenvalue weighted by molar-refractivity contribution is 7.88. The van der Waals surface area contributed by atoms with Crippen molar-refractivity contribution in [2.75, 3.05) is 32.4 Å². The normalized spacial score (nSPS) is 25.8. The minimum Gasteiger partial charge on any atom is -0.355 e. The predicted octanol–water partition coefficient (Wildman–Crippen LogP) is 3.43. The van der Waals surface area contributed by atoms with Gasteiger partial charge in [-0.25, -0.2) is 17.2 Å². The first-order valence-corrected chi connectivity index (χ1v) is 14.5. The van der Waals surface area contributed by atoms with Gasteiger partial charge < -0.3 is 9.64 Å². The van der Waals surface area contributed by atoms with Crippen LogP contribution in [0.15, 0.2) is 24.3 Å². The number of piperazine rings is 1. The summed E-state index contributed by atoms with van der Waals surface area (Å²) < 4.78 is 60.7. The number of carbonyl (C=O) groups excluding carboxylic acids is 1. The molecule has 0 N–H and O–H groups in total. The Morgan fingerprint density at radius 1 is 1.16 bits per heavy atom. The third kappa shape index (κ3) is 4.06. The van der Waals surface area contributed by atoms with Crippen LogP contribution in [0.1, 0.15) is 57.2 Å². The minimum absolute atomic E-state index is 0.0394. The van der Waals surface area contributed by atoms with E-state index in [0.29, 0.717) is 31.6 Å². The molecule has 0 radical (unpaired) electrons. The number of halogens is 2. The fourth-order valence-electron chi connectivity index (χ4n) is 6.39. The molecular formula is C26H32F2N4O4S. The van der Waals surface area contributed by atoms with Crippen LogP contribution in [0, 0.1) is 17.0 Å². The summed E-state index contributed by atoms with van der Waals surface area (Å²) >= 11 is 0. The zero-order valence-corrected chi connectivity index (χ0v) is 22.3. The van der Waals surface area contributed by atoms with Crippen molar-refractivity contribution in [2.45, 2.75) is 57.7 Å². The van der Waals surface area contributed by atoms with E-state index < -0.39 is 38.8 Å². The molecule has 2 heterocycles. The van der Waals surface area contributed by atoms with Crippen molar-refractivity contribution in [3.05, 3.63) is 47.2 Å². The molecule has 1 aromatic heterocycles. The number of sulfonamides is 1. The summed E-state index contributed by atoms with van der Waals surface area (Å²) in [5.41, 5.74) is 0.134. The van der Waals surface area contributed by atoms with Crippen molar-refractivity contribution >= 4 is 15.9 Å². The smallest absolute Gasteiger partial charge is 0.251 e. The van der Waals surface area contributed by atoms with Crippen LogP contribution in [-0.2, 0) is 25.2 Å². The van der Waals surface area contributed by atoms with Crippen LogP contribution in [0.3, 0.4) is 0 Å². The molecule has 3 atom stereocenters. The summed E-state index contributed by atoms with van der Waals surface area (Å²) in [4.78, 5) is 15.2. The Hall–Kier alpha value is -2.50. The van der Waals surface area contributed by atoms with E-state index in [-0.39, 0.29) is 36.2 Å². The number of amides is 1. The predicted molar refractivity (Wildman–Crippen MR) is 133 cm³/mol. The molecule has 1 saturated carbocycles. The van der Waals surface area contributed by atoms with Gasteiger partial charge in [0.05, 0.1) is 23.2 Å². The lowest BCUT2D eigenvalue weighted by Crippen LogP contribution is -2.54. The van der Waals surface area contributed by atoms with Gasteiger partial charge in [-0.2, -0.15) is 9.40 Å². The van der Waals surface area contributed by atoms with E-state index in [2.05, 4.69) is 24.0 Å². The Morgan fingerprint density at radius 2 is 1.81 bits per heavy atom. The molecule has 0 spiro atoms. The van der Waals surface area contributed by atoms with Crippen molar-refractivity contribution < 1.29 is 26.7 Å². The number of benzene rings is 1. The van der Waals surface area contributed by atoms with Gasteiger partial charge in [-0.15, -0.1) is 5.10 Å². The van der Waals surface area contributed by atoms with Crippen molar-refractivity contribution in [3.8, 4) is 11.3 Å². The van der Waals surface area contributed by atoms with Crippen molar-refractivity contribution in [1.82, 2.24) is 19.4 Å². The fraction of sp³-hybridized carbons (Fsp3) is 0.577. The number of hydrogen-bond acceptors (Lipinski definition) is 6. The molecule has 2 bridgehead atoms. The number of rotatable bonds is 6. The average Bonchev–Trinajstić information content (AvgIpc) is 3.21. The molecule has 1 aliphatic heterocycles. The second-order valence-electron chi connectivity index (χ2n) is 10.8. The first-order chi connectivity index (χ1) is 17.4. The Kier molecular flexibility index (Phi) is 6.39. The highest BCUT2D eigenvalue weighted by atomic mass is 32.2. The van der Waals surface area contributed by atoms with E-state index in [9.17, 15) is 22.0 Å². The maximum Gasteiger partial charge on any atom is 0.251 e. The van der Waals surface area contributed by atoms with Gasteiger partial charge in [0.25, 0.3) is 5.91 Å². The van der Waals surface area contributed by atoms with Gasteiger partial charge in [0, 0.05) is 31.6 Å². The fourth-order valence-corrected chi connectivity index (χ4v) is 7.22. The summed E-state index contributed by atoms with van der Waals surface area (Å²) in [6, 6.07) is 5.42. The first-order valence-electron chi connectivity index (χ1n) is 12.6. The van der Waals surface area contributed by atoms with Crippen LogP contribution in [-0.4, -0.2) is 72.3 Å². The van der Waals surface area contributed by atoms with E-state index in [1.54, 1.807) is 11.0 Å². The molecular weight excluding hydrogens is 502 g/mol. The molecule has 1 saturated heterocycles. The minimum atomic E-state index is -3.30. The van der Waals surface area contributed by atoms with E-state index in [0.717, 1.165) is 12.0 Å². The highest BCUT2D eigenvalue weighted by Gasteiger charge is 2.65. The third-order valence-corrected chi connectivity index (χ3v) is 9.81. The molecule has 200 valence electrons. The Bertz CT molecular complexity index is 1320. The Balaban J connectivity index is 1.44. The van der Waals surface area contributed by atoms with Crippen LogP contribution in [0.5, 0.6) is 0 Å². The summed E-state index contributed by atoms with van der Waals surface area (Å²) in [6.45, 7) is 7.16. The SMILES string of the molecule is CCC(O[C@@]12CC[C@@H](c3cc(-c4c(F)cccc4F)nnc31)C2(C)C)C(=O)N1CCN(S(C)(=O)=O)CC1. The molecule has 1 unspecified atom stereocenters. The van der Waals surface area contributed by atoms with Gasteiger partial charge in [0.2, 0.25) is 10.0 Å². The summed E-state index contributed by atoms with van der Waals surface area (Å²) in [7, 11) is -3.30. The molecule has 8 nitrogen and oxygen atoms in total. The van der Waals surface area contributed by atoms with Gasteiger partial charge in [-0.05, 0) is 48.9 Å². The van der Waals surface area contributed by atoms with Crippen LogP contribution in [0.2, 0.25) is 0 Å². The van der Waals surface area contributed by atoms with Crippen LogP contribution < -0.4 is 0 Å². The monoisotopic (exact) mass is 534 g/mol. The molecule has 3 aliphatic rings. The number of ether oxygens (including phenoxy) is 1. The Labute approximate surface area is 216 Å². The van der Waals surface area contributed by atoms with E-state index in [1.807, 2.05) is 6.92 Å². The number of aromatic nitrogens is 2. The average molecular weight is 535 g/mol. The van der Waals surface area contributed by atoms with Crippen molar-refractivity contribution in [1.29, 1.82) is 0 Å². The maximum absolute atomic E-state index is 14.5. The lowest BCUT2D eigenvalue weighted by atomic mass is 9.77. The second kappa shape index (κ2) is 9.06. The molecule has 1 aromatic carbocycles. The summed E-state index contributed by atoms with van der Waals surface area (Å²) in [5.74, 6) is -1.53. The van der Waals surface area contributed by atoms with Crippen LogP contribution >= 0.6 is 0 Å². The topological polar surface area (TPSA) is 92.7 Å². The zero-order valence-electron chi connectivity index (χ0n) is 21.5. The molecule has 37 heavy (non-hydrogen) atoms. The van der Waals surface area contributed by atoms with Gasteiger partial charge in [0.15, 0.2) is 0 Å². The molecule has 2 aromatic rings. The second-order valence-corrected chi connectivity index (χ2v) is 12.8. The number of hydrogen-bond donors (Lipinski definition) is 0. The quantitative estimate of drug-likeness (QED) is 0.564. The van der Waals surface area contributed by atoms with Crippen LogP contribution in [0.4, 0.5) is 8.78 Å². The van der Waals surface area contributed by atoms with E-state index >= 15 is 0 Å². The Morgan fingerprint density at radius 3 is 2.41 bits per heavy atom.